The molecule has 0 fully saturated rings. The summed E-state index contributed by atoms with van der Waals surface area (Å²) in [4.78, 5) is 12.4. The van der Waals surface area contributed by atoms with E-state index in [1.165, 1.54) is 0 Å². The van der Waals surface area contributed by atoms with Crippen molar-refractivity contribution in [2.75, 3.05) is 5.32 Å². The quantitative estimate of drug-likeness (QED) is 0.616. The van der Waals surface area contributed by atoms with Crippen LogP contribution in [0.1, 0.15) is 27.4 Å². The van der Waals surface area contributed by atoms with Gasteiger partial charge in [-0.15, -0.1) is 0 Å². The second kappa shape index (κ2) is 7.57. The number of halogens is 1. The first-order valence-corrected chi connectivity index (χ1v) is 8.67. The largest absolute Gasteiger partial charge is 0.484 e. The maximum atomic E-state index is 12.4. The van der Waals surface area contributed by atoms with E-state index in [1.54, 1.807) is 12.1 Å². The molecule has 1 heterocycles. The number of furan rings is 1. The highest BCUT2D eigenvalue weighted by Gasteiger charge is 2.13. The lowest BCUT2D eigenvalue weighted by Crippen LogP contribution is -2.12. The van der Waals surface area contributed by atoms with E-state index >= 15 is 0 Å². The summed E-state index contributed by atoms with van der Waals surface area (Å²) >= 11 is 3.43. The molecule has 2 aromatic carbocycles. The molecule has 0 saturated heterocycles. The Hall–Kier alpha value is -2.53. The summed E-state index contributed by atoms with van der Waals surface area (Å²) in [5.41, 5.74) is 2.95. The van der Waals surface area contributed by atoms with E-state index in [-0.39, 0.29) is 18.3 Å². The van der Waals surface area contributed by atoms with Crippen molar-refractivity contribution in [1.82, 2.24) is 0 Å². The number of rotatable bonds is 5. The van der Waals surface area contributed by atoms with Gasteiger partial charge in [0.1, 0.15) is 18.1 Å². The van der Waals surface area contributed by atoms with Crippen LogP contribution in [0.2, 0.25) is 0 Å². The van der Waals surface area contributed by atoms with Gasteiger partial charge in [-0.1, -0.05) is 24.3 Å². The monoisotopic (exact) mass is 399 g/mol. The van der Waals surface area contributed by atoms with Gasteiger partial charge < -0.3 is 14.5 Å². The minimum atomic E-state index is -0.277. The zero-order chi connectivity index (χ0) is 17.8. The molecule has 0 aliphatic rings. The number of carbonyl (C=O) groups is 1. The molecule has 0 spiro atoms. The number of hydrogen-bond donors (Lipinski definition) is 1. The summed E-state index contributed by atoms with van der Waals surface area (Å²) in [6.07, 6.45) is 0. The highest BCUT2D eigenvalue weighted by Crippen LogP contribution is 2.25. The van der Waals surface area contributed by atoms with Crippen LogP contribution in [-0.2, 0) is 6.61 Å². The highest BCUT2D eigenvalue weighted by atomic mass is 79.9. The number of hydrogen-bond acceptors (Lipinski definition) is 3. The van der Waals surface area contributed by atoms with Crippen LogP contribution >= 0.6 is 15.9 Å². The number of amides is 1. The van der Waals surface area contributed by atoms with Gasteiger partial charge >= 0.3 is 0 Å². The first-order chi connectivity index (χ1) is 12.0. The van der Waals surface area contributed by atoms with Crippen LogP contribution in [0.4, 0.5) is 5.69 Å². The summed E-state index contributed by atoms with van der Waals surface area (Å²) in [6, 6.07) is 16.8. The summed E-state index contributed by atoms with van der Waals surface area (Å²) in [7, 11) is 0. The normalized spacial score (nSPS) is 10.5. The Morgan fingerprint density at radius 1 is 1.08 bits per heavy atom. The van der Waals surface area contributed by atoms with Gasteiger partial charge in [-0.2, -0.15) is 0 Å². The van der Waals surface area contributed by atoms with Crippen LogP contribution in [0.5, 0.6) is 5.75 Å². The first kappa shape index (κ1) is 17.3. The number of para-hydroxylation sites is 1. The van der Waals surface area contributed by atoms with Gasteiger partial charge in [0.25, 0.3) is 5.91 Å². The van der Waals surface area contributed by atoms with Gasteiger partial charge in [-0.3, -0.25) is 4.79 Å². The summed E-state index contributed by atoms with van der Waals surface area (Å²) in [5, 5.41) is 2.88. The Labute approximate surface area is 154 Å². The average molecular weight is 400 g/mol. The molecular formula is C20H18BrNO3. The van der Waals surface area contributed by atoms with Crippen molar-refractivity contribution in [3.8, 4) is 5.75 Å². The van der Waals surface area contributed by atoms with Crippen LogP contribution in [0.3, 0.4) is 0 Å². The SMILES string of the molecule is Cc1cccc(NC(=O)c2ccc(COc3ccccc3Br)o2)c1C. The molecule has 5 heteroatoms. The number of nitrogens with one attached hydrogen (secondary N) is 1. The Bertz CT molecular complexity index is 901. The first-order valence-electron chi connectivity index (χ1n) is 7.88. The molecule has 3 rings (SSSR count). The molecule has 3 aromatic rings. The second-order valence-electron chi connectivity index (χ2n) is 5.69. The van der Waals surface area contributed by atoms with E-state index < -0.39 is 0 Å². The molecule has 1 N–H and O–H groups in total. The van der Waals surface area contributed by atoms with Gasteiger partial charge in [0, 0.05) is 5.69 Å². The fraction of sp³-hybridized carbons (Fsp3) is 0.150. The van der Waals surface area contributed by atoms with Crippen molar-refractivity contribution in [3.63, 3.8) is 0 Å². The average Bonchev–Trinajstić information content (AvgIpc) is 3.07. The van der Waals surface area contributed by atoms with E-state index in [2.05, 4.69) is 21.2 Å². The lowest BCUT2D eigenvalue weighted by atomic mass is 10.1. The zero-order valence-electron chi connectivity index (χ0n) is 14.0. The highest BCUT2D eigenvalue weighted by molar-refractivity contribution is 9.10. The van der Waals surface area contributed by atoms with Crippen LogP contribution < -0.4 is 10.1 Å². The lowest BCUT2D eigenvalue weighted by molar-refractivity contribution is 0.0992. The topological polar surface area (TPSA) is 51.5 Å². The third-order valence-electron chi connectivity index (χ3n) is 3.94. The minimum Gasteiger partial charge on any atom is -0.484 e. The molecule has 1 amide bonds. The number of anilines is 1. The third-order valence-corrected chi connectivity index (χ3v) is 4.60. The van der Waals surface area contributed by atoms with Gasteiger partial charge in [-0.25, -0.2) is 0 Å². The molecule has 25 heavy (non-hydrogen) atoms. The van der Waals surface area contributed by atoms with E-state index in [9.17, 15) is 4.79 Å². The zero-order valence-corrected chi connectivity index (χ0v) is 15.6. The molecule has 0 aliphatic heterocycles. The number of ether oxygens (including phenoxy) is 1. The summed E-state index contributed by atoms with van der Waals surface area (Å²) in [5.74, 6) is 1.29. The van der Waals surface area contributed by atoms with E-state index in [0.717, 1.165) is 27.0 Å². The molecule has 0 saturated carbocycles. The number of benzene rings is 2. The molecule has 128 valence electrons. The Morgan fingerprint density at radius 3 is 2.68 bits per heavy atom. The van der Waals surface area contributed by atoms with Crippen LogP contribution in [0, 0.1) is 13.8 Å². The smallest absolute Gasteiger partial charge is 0.291 e. The molecule has 0 unspecified atom stereocenters. The van der Waals surface area contributed by atoms with Crippen LogP contribution in [0.15, 0.2) is 63.5 Å². The van der Waals surface area contributed by atoms with Gasteiger partial charge in [0.05, 0.1) is 4.47 Å². The fourth-order valence-corrected chi connectivity index (χ4v) is 2.76. The predicted molar refractivity (Wildman–Crippen MR) is 101 cm³/mol. The maximum absolute atomic E-state index is 12.4. The van der Waals surface area contributed by atoms with Crippen molar-refractivity contribution in [1.29, 1.82) is 0 Å². The van der Waals surface area contributed by atoms with Crippen molar-refractivity contribution in [2.45, 2.75) is 20.5 Å². The van der Waals surface area contributed by atoms with Crippen LogP contribution in [-0.4, -0.2) is 5.91 Å². The van der Waals surface area contributed by atoms with Gasteiger partial charge in [-0.05, 0) is 71.2 Å². The Morgan fingerprint density at radius 2 is 1.88 bits per heavy atom. The predicted octanol–water partition coefficient (Wildman–Crippen LogP) is 5.49. The molecule has 0 atom stereocenters. The Balaban J connectivity index is 1.65. The summed E-state index contributed by atoms with van der Waals surface area (Å²) < 4.78 is 12.2. The maximum Gasteiger partial charge on any atom is 0.291 e. The Kier molecular flexibility index (Phi) is 5.24. The van der Waals surface area contributed by atoms with E-state index in [0.29, 0.717) is 5.76 Å². The van der Waals surface area contributed by atoms with Crippen molar-refractivity contribution < 1.29 is 13.9 Å². The van der Waals surface area contributed by atoms with Crippen molar-refractivity contribution >= 4 is 27.5 Å². The number of aryl methyl sites for hydroxylation is 1. The molecule has 0 bridgehead atoms. The number of carbonyl (C=O) groups excluding carboxylic acids is 1. The molecule has 4 nitrogen and oxygen atoms in total. The van der Waals surface area contributed by atoms with Crippen molar-refractivity contribution in [2.24, 2.45) is 0 Å². The molecule has 0 radical (unpaired) electrons. The van der Waals surface area contributed by atoms with Crippen molar-refractivity contribution in [3.05, 3.63) is 81.7 Å². The van der Waals surface area contributed by atoms with Gasteiger partial charge in [0.15, 0.2) is 5.76 Å². The fourth-order valence-electron chi connectivity index (χ4n) is 2.36. The standard InChI is InChI=1S/C20H18BrNO3/c1-13-6-5-8-17(14(13)2)22-20(23)19-11-10-15(25-19)12-24-18-9-4-3-7-16(18)21/h3-11H,12H2,1-2H3,(H,22,23). The van der Waals surface area contributed by atoms with Gasteiger partial charge in [0.2, 0.25) is 0 Å². The second-order valence-corrected chi connectivity index (χ2v) is 6.54. The summed E-state index contributed by atoms with van der Waals surface area (Å²) in [6.45, 7) is 4.23. The molecular weight excluding hydrogens is 382 g/mol. The third kappa shape index (κ3) is 4.12. The van der Waals surface area contributed by atoms with E-state index in [1.807, 2.05) is 56.3 Å². The minimum absolute atomic E-state index is 0.249. The van der Waals surface area contributed by atoms with Crippen LogP contribution in [0.25, 0.3) is 0 Å². The molecule has 0 aliphatic carbocycles. The van der Waals surface area contributed by atoms with E-state index in [4.69, 9.17) is 9.15 Å². The lowest BCUT2D eigenvalue weighted by Gasteiger charge is -2.09. The molecule has 1 aromatic heterocycles.